The second-order valence-corrected chi connectivity index (χ2v) is 5.46. The number of hydrogen-bond acceptors (Lipinski definition) is 4. The highest BCUT2D eigenvalue weighted by molar-refractivity contribution is 5.96. The molecule has 1 aliphatic rings. The molecule has 0 fully saturated rings. The Hall–Kier alpha value is -1.95. The largest absolute Gasteiger partial charge is 0.350 e. The molecule has 0 aromatic rings. The average Bonchev–Trinajstić information content (AvgIpc) is 2.30. The molecule has 0 saturated carbocycles. The molecule has 1 heterocycles. The quantitative estimate of drug-likeness (QED) is 0.591. The number of allylic oxidation sites excluding steroid dienone is 1. The lowest BCUT2D eigenvalue weighted by atomic mass is 10.1. The molecule has 6 heteroatoms. The Morgan fingerprint density at radius 1 is 1.47 bits per heavy atom. The van der Waals surface area contributed by atoms with E-state index in [0.717, 1.165) is 11.0 Å². The van der Waals surface area contributed by atoms with Crippen LogP contribution in [0, 0.1) is 4.91 Å². The van der Waals surface area contributed by atoms with Crippen LogP contribution in [0.4, 0.5) is 0 Å². The summed E-state index contributed by atoms with van der Waals surface area (Å²) in [7, 11) is 7.99. The summed E-state index contributed by atoms with van der Waals surface area (Å²) in [6, 6.07) is 0. The Kier molecular flexibility index (Phi) is 5.00. The van der Waals surface area contributed by atoms with Crippen LogP contribution in [0.2, 0.25) is 0 Å². The van der Waals surface area contributed by atoms with E-state index in [4.69, 9.17) is 0 Å². The number of nitroso groups, excluding NO2 is 1. The van der Waals surface area contributed by atoms with Crippen molar-refractivity contribution in [3.05, 3.63) is 40.7 Å². The monoisotopic (exact) mass is 265 g/mol. The molecule has 0 unspecified atom stereocenters. The summed E-state index contributed by atoms with van der Waals surface area (Å²) in [5, 5.41) is 5.59. The predicted octanol–water partition coefficient (Wildman–Crippen LogP) is 0.802. The maximum Gasteiger partial charge on any atom is 0.251 e. The van der Waals surface area contributed by atoms with Crippen LogP contribution in [0.5, 0.6) is 0 Å². The minimum absolute atomic E-state index is 0.144. The van der Waals surface area contributed by atoms with Crippen LogP contribution in [0.15, 0.2) is 41.0 Å². The van der Waals surface area contributed by atoms with Gasteiger partial charge in [0.15, 0.2) is 0 Å². The fourth-order valence-electron chi connectivity index (χ4n) is 1.52. The molecule has 0 atom stereocenters. The van der Waals surface area contributed by atoms with Crippen LogP contribution >= 0.6 is 0 Å². The molecule has 1 amide bonds. The molecular formula is C13H21N4O2+. The van der Waals surface area contributed by atoms with Crippen molar-refractivity contribution >= 4 is 5.91 Å². The maximum atomic E-state index is 11.9. The van der Waals surface area contributed by atoms with E-state index < -0.39 is 0 Å². The van der Waals surface area contributed by atoms with Crippen molar-refractivity contribution in [2.24, 2.45) is 5.18 Å². The van der Waals surface area contributed by atoms with Gasteiger partial charge in [0, 0.05) is 18.8 Å². The lowest BCUT2D eigenvalue weighted by Crippen LogP contribution is -2.42. The SMILES string of the molecule is CN1C=CC(C(=O)NCC[N+](C)(C)C)=CC1=CN=O. The van der Waals surface area contributed by atoms with Gasteiger partial charge in [-0.05, 0) is 17.3 Å². The van der Waals surface area contributed by atoms with Crippen LogP contribution in [0.1, 0.15) is 0 Å². The first-order valence-corrected chi connectivity index (χ1v) is 6.07. The summed E-state index contributed by atoms with van der Waals surface area (Å²) in [5.74, 6) is -0.144. The van der Waals surface area contributed by atoms with E-state index in [-0.39, 0.29) is 5.91 Å². The third-order valence-electron chi connectivity index (χ3n) is 2.70. The van der Waals surface area contributed by atoms with E-state index in [1.54, 1.807) is 30.3 Å². The van der Waals surface area contributed by atoms with Crippen LogP contribution in [-0.4, -0.2) is 56.6 Å². The molecule has 1 N–H and O–H groups in total. The molecule has 104 valence electrons. The van der Waals surface area contributed by atoms with E-state index in [1.807, 2.05) is 0 Å². The van der Waals surface area contributed by atoms with E-state index in [0.29, 0.717) is 17.8 Å². The first-order valence-electron chi connectivity index (χ1n) is 6.07. The molecule has 1 aliphatic heterocycles. The molecule has 0 bridgehead atoms. The van der Waals surface area contributed by atoms with Crippen LogP contribution in [0.3, 0.4) is 0 Å². The van der Waals surface area contributed by atoms with Gasteiger partial charge in [0.25, 0.3) is 5.91 Å². The molecule has 0 aliphatic carbocycles. The summed E-state index contributed by atoms with van der Waals surface area (Å²) < 4.78 is 0.790. The zero-order chi connectivity index (χ0) is 14.5. The van der Waals surface area contributed by atoms with Crippen LogP contribution < -0.4 is 5.32 Å². The highest BCUT2D eigenvalue weighted by Gasteiger charge is 2.14. The number of carbonyl (C=O) groups is 1. The second kappa shape index (κ2) is 6.29. The fourth-order valence-corrected chi connectivity index (χ4v) is 1.52. The van der Waals surface area contributed by atoms with Crippen LogP contribution in [-0.2, 0) is 4.79 Å². The summed E-state index contributed by atoms with van der Waals surface area (Å²) in [6.45, 7) is 1.45. The maximum absolute atomic E-state index is 11.9. The standard InChI is InChI=1S/C13H20N4O2/c1-16-7-5-11(9-12(16)10-15-19)13(18)14-6-8-17(2,3)4/h5,7,9-10H,6,8H2,1-4H3/p+1. The first-order chi connectivity index (χ1) is 8.83. The number of carbonyl (C=O) groups excluding carboxylic acids is 1. The van der Waals surface area contributed by atoms with Gasteiger partial charge in [-0.25, -0.2) is 0 Å². The lowest BCUT2D eigenvalue weighted by molar-refractivity contribution is -0.869. The van der Waals surface area contributed by atoms with Crippen molar-refractivity contribution < 1.29 is 9.28 Å². The van der Waals surface area contributed by atoms with Crippen molar-refractivity contribution in [2.45, 2.75) is 0 Å². The number of rotatable bonds is 5. The summed E-state index contributed by atoms with van der Waals surface area (Å²) in [4.78, 5) is 23.9. The van der Waals surface area contributed by atoms with E-state index in [2.05, 4.69) is 31.6 Å². The number of likely N-dealkylation sites (N-methyl/N-ethyl adjacent to an activating group) is 2. The van der Waals surface area contributed by atoms with Crippen molar-refractivity contribution in [2.75, 3.05) is 41.3 Å². The van der Waals surface area contributed by atoms with Gasteiger partial charge < -0.3 is 14.7 Å². The molecule has 0 radical (unpaired) electrons. The van der Waals surface area contributed by atoms with Crippen LogP contribution in [0.25, 0.3) is 0 Å². The van der Waals surface area contributed by atoms with Gasteiger partial charge in [-0.3, -0.25) is 4.79 Å². The Balaban J connectivity index is 2.62. The predicted molar refractivity (Wildman–Crippen MR) is 74.8 cm³/mol. The highest BCUT2D eigenvalue weighted by atomic mass is 16.2. The van der Waals surface area contributed by atoms with E-state index in [9.17, 15) is 9.70 Å². The summed E-state index contributed by atoms with van der Waals surface area (Å²) in [6.07, 6.45) is 6.26. The normalized spacial score (nSPS) is 17.4. The van der Waals surface area contributed by atoms with Gasteiger partial charge in [-0.15, -0.1) is 4.91 Å². The highest BCUT2D eigenvalue weighted by Crippen LogP contribution is 2.15. The number of hydrogen-bond donors (Lipinski definition) is 1. The zero-order valence-corrected chi connectivity index (χ0v) is 11.9. The van der Waals surface area contributed by atoms with Crippen molar-refractivity contribution in [1.82, 2.24) is 10.2 Å². The van der Waals surface area contributed by atoms with Gasteiger partial charge in [-0.1, -0.05) is 0 Å². The molecule has 0 aromatic heterocycles. The Labute approximate surface area is 113 Å². The van der Waals surface area contributed by atoms with Gasteiger partial charge in [0.1, 0.15) is 0 Å². The van der Waals surface area contributed by atoms with Gasteiger partial charge in [-0.2, -0.15) is 0 Å². The van der Waals surface area contributed by atoms with Crippen molar-refractivity contribution in [1.29, 1.82) is 0 Å². The fraction of sp³-hybridized carbons (Fsp3) is 0.462. The molecule has 0 spiro atoms. The molecule has 0 aromatic carbocycles. The Bertz CT molecular complexity index is 444. The number of nitrogens with one attached hydrogen (secondary N) is 1. The van der Waals surface area contributed by atoms with Gasteiger partial charge >= 0.3 is 0 Å². The van der Waals surface area contributed by atoms with Crippen molar-refractivity contribution in [3.8, 4) is 0 Å². The second-order valence-electron chi connectivity index (χ2n) is 5.46. The molecule has 0 saturated heterocycles. The van der Waals surface area contributed by atoms with Crippen molar-refractivity contribution in [3.63, 3.8) is 0 Å². The van der Waals surface area contributed by atoms with Gasteiger partial charge in [0.2, 0.25) is 0 Å². The first kappa shape index (κ1) is 15.1. The minimum Gasteiger partial charge on any atom is -0.350 e. The summed E-state index contributed by atoms with van der Waals surface area (Å²) in [5.41, 5.74) is 1.11. The number of quaternary nitrogens is 1. The third-order valence-corrected chi connectivity index (χ3v) is 2.70. The van der Waals surface area contributed by atoms with E-state index in [1.165, 1.54) is 6.20 Å². The van der Waals surface area contributed by atoms with E-state index >= 15 is 0 Å². The molecule has 1 rings (SSSR count). The summed E-state index contributed by atoms with van der Waals surface area (Å²) >= 11 is 0. The lowest BCUT2D eigenvalue weighted by Gasteiger charge is -2.24. The molecule has 6 nitrogen and oxygen atoms in total. The third kappa shape index (κ3) is 5.05. The molecular weight excluding hydrogens is 244 g/mol. The Morgan fingerprint density at radius 3 is 2.74 bits per heavy atom. The topological polar surface area (TPSA) is 61.8 Å². The number of nitrogens with zero attached hydrogens (tertiary/aromatic N) is 3. The zero-order valence-electron chi connectivity index (χ0n) is 11.9. The van der Waals surface area contributed by atoms with Gasteiger partial charge in [0.05, 0.1) is 46.1 Å². The average molecular weight is 265 g/mol. The minimum atomic E-state index is -0.144. The number of amides is 1. The Morgan fingerprint density at radius 2 is 2.16 bits per heavy atom. The molecule has 19 heavy (non-hydrogen) atoms. The smallest absolute Gasteiger partial charge is 0.251 e.